The van der Waals surface area contributed by atoms with Crippen LogP contribution in [0.25, 0.3) is 11.1 Å². The minimum atomic E-state index is -1.57. The van der Waals surface area contributed by atoms with Crippen LogP contribution in [0.3, 0.4) is 0 Å². The first-order valence-corrected chi connectivity index (χ1v) is 16.0. The summed E-state index contributed by atoms with van der Waals surface area (Å²) in [6, 6.07) is 7.65. The van der Waals surface area contributed by atoms with Gasteiger partial charge < -0.3 is 30.1 Å². The number of alkyl halides is 1. The van der Waals surface area contributed by atoms with E-state index in [1.54, 1.807) is 4.52 Å². The summed E-state index contributed by atoms with van der Waals surface area (Å²) in [5, 5.41) is 20.9. The Balaban J connectivity index is 0.000000459. The maximum absolute atomic E-state index is 13.8. The minimum Gasteiger partial charge on any atom is -0.479 e. The minimum absolute atomic E-state index is 0.201. The number of rotatable bonds is 10. The number of allylic oxidation sites excluding steroid dienone is 3. The summed E-state index contributed by atoms with van der Waals surface area (Å²) >= 11 is 0. The van der Waals surface area contributed by atoms with E-state index in [9.17, 15) is 13.9 Å². The van der Waals surface area contributed by atoms with Crippen LogP contribution in [0.2, 0.25) is 0 Å². The Labute approximate surface area is 270 Å². The molecule has 1 aliphatic heterocycles. The molecule has 1 aliphatic carbocycles. The Morgan fingerprint density at radius 3 is 2.65 bits per heavy atom. The van der Waals surface area contributed by atoms with Gasteiger partial charge in [-0.1, -0.05) is 38.7 Å². The summed E-state index contributed by atoms with van der Waals surface area (Å²) in [7, 11) is 2.08. The van der Waals surface area contributed by atoms with Gasteiger partial charge >= 0.3 is 0 Å². The molecule has 0 aromatic carbocycles. The Kier molecular flexibility index (Phi) is 12.8. The van der Waals surface area contributed by atoms with Crippen LogP contribution in [0, 0.1) is 18.3 Å². The van der Waals surface area contributed by atoms with Gasteiger partial charge in [-0.25, -0.2) is 13.3 Å². The number of likely N-dealkylation sites (N-methyl/N-ethyl adjacent to an activating group) is 1. The number of terminal acetylenes is 1. The normalized spacial score (nSPS) is 18.2. The molecule has 1 unspecified atom stereocenters. The lowest BCUT2D eigenvalue weighted by Crippen LogP contribution is -2.40. The lowest BCUT2D eigenvalue weighted by molar-refractivity contribution is 0.0865. The fourth-order valence-electron chi connectivity index (χ4n) is 5.83. The zero-order valence-corrected chi connectivity index (χ0v) is 27.2. The smallest absolute Gasteiger partial charge is 0.236 e. The van der Waals surface area contributed by atoms with E-state index in [-0.39, 0.29) is 5.75 Å². The van der Waals surface area contributed by atoms with Crippen LogP contribution < -0.4 is 20.1 Å². The molecule has 1 saturated carbocycles. The van der Waals surface area contributed by atoms with Gasteiger partial charge in [0.15, 0.2) is 23.1 Å². The molecule has 248 valence electrons. The van der Waals surface area contributed by atoms with E-state index in [1.165, 1.54) is 63.1 Å². The Hall–Kier alpha value is -4.14. The number of aromatic nitrogens is 3. The average molecular weight is 637 g/mol. The number of fused-ring (bicyclic) bond motifs is 1. The van der Waals surface area contributed by atoms with Crippen molar-refractivity contribution in [2.24, 2.45) is 0 Å². The van der Waals surface area contributed by atoms with Gasteiger partial charge in [0.05, 0.1) is 24.7 Å². The van der Waals surface area contributed by atoms with Crippen molar-refractivity contribution in [3.8, 4) is 24.0 Å². The molecule has 9 nitrogen and oxygen atoms in total. The second-order valence-electron chi connectivity index (χ2n) is 11.6. The largest absolute Gasteiger partial charge is 0.479 e. The second-order valence-corrected chi connectivity index (χ2v) is 11.6. The molecule has 3 aromatic heterocycles. The zero-order chi connectivity index (χ0) is 33.1. The predicted octanol–water partition coefficient (Wildman–Crippen LogP) is 5.78. The molecule has 4 heterocycles. The van der Waals surface area contributed by atoms with E-state index >= 15 is 0 Å². The van der Waals surface area contributed by atoms with E-state index in [4.69, 9.17) is 15.9 Å². The summed E-state index contributed by atoms with van der Waals surface area (Å²) in [5.41, 5.74) is 4.91. The Bertz CT molecular complexity index is 1520. The van der Waals surface area contributed by atoms with Crippen LogP contribution in [0.15, 0.2) is 54.1 Å². The van der Waals surface area contributed by atoms with Gasteiger partial charge in [0.1, 0.15) is 5.82 Å². The van der Waals surface area contributed by atoms with Crippen molar-refractivity contribution in [3.05, 3.63) is 71.2 Å². The van der Waals surface area contributed by atoms with Crippen molar-refractivity contribution in [1.82, 2.24) is 30.1 Å². The molecule has 0 bridgehead atoms. The third-order valence-corrected chi connectivity index (χ3v) is 8.17. The highest BCUT2D eigenvalue weighted by Gasteiger charge is 2.23. The van der Waals surface area contributed by atoms with Crippen LogP contribution in [-0.4, -0.2) is 70.3 Å². The lowest BCUT2D eigenvalue weighted by atomic mass is 9.96. The number of piperazine rings is 1. The van der Waals surface area contributed by atoms with Crippen molar-refractivity contribution >= 4 is 11.1 Å². The molecule has 11 heteroatoms. The summed E-state index contributed by atoms with van der Waals surface area (Å²) in [6.45, 7) is 7.62. The molecule has 1 saturated heterocycles. The zero-order valence-electron chi connectivity index (χ0n) is 27.2. The van der Waals surface area contributed by atoms with Crippen molar-refractivity contribution in [3.63, 3.8) is 0 Å². The number of nitrogens with zero attached hydrogens (tertiary/aromatic N) is 4. The van der Waals surface area contributed by atoms with E-state index in [0.717, 1.165) is 49.0 Å². The SMILES string of the molecule is C#CNC1CCCCC1.CC/C=C(/C(C)=C1/CNCCN1C)c1cc(O[C@H](CO)c2ccc(F)cn2)c2c(OC(C)F)cnn2c1. The van der Waals surface area contributed by atoms with Gasteiger partial charge in [0.2, 0.25) is 6.36 Å². The molecule has 2 aliphatic rings. The van der Waals surface area contributed by atoms with Gasteiger partial charge in [-0.2, -0.15) is 5.10 Å². The molecule has 2 atom stereocenters. The quantitative estimate of drug-likeness (QED) is 0.191. The van der Waals surface area contributed by atoms with Crippen molar-refractivity contribution < 1.29 is 23.4 Å². The molecule has 0 spiro atoms. The molecule has 0 radical (unpaired) electrons. The fraction of sp³-hybridized carbons (Fsp3) is 0.486. The topological polar surface area (TPSA) is 96.2 Å². The lowest BCUT2D eigenvalue weighted by Gasteiger charge is -2.31. The summed E-state index contributed by atoms with van der Waals surface area (Å²) in [4.78, 5) is 6.31. The molecular weight excluding hydrogens is 590 g/mol. The molecule has 5 rings (SSSR count). The molecule has 3 N–H and O–H groups in total. The van der Waals surface area contributed by atoms with Crippen LogP contribution in [0.1, 0.15) is 76.7 Å². The van der Waals surface area contributed by atoms with Gasteiger partial charge in [-0.05, 0) is 55.5 Å². The summed E-state index contributed by atoms with van der Waals surface area (Å²) in [6.07, 6.45) is 16.6. The maximum atomic E-state index is 13.8. The number of pyridine rings is 2. The van der Waals surface area contributed by atoms with Crippen LogP contribution in [0.5, 0.6) is 11.5 Å². The number of aliphatic hydroxyl groups is 1. The van der Waals surface area contributed by atoms with Crippen LogP contribution in [0.4, 0.5) is 8.78 Å². The van der Waals surface area contributed by atoms with Crippen molar-refractivity contribution in [2.75, 3.05) is 33.3 Å². The highest BCUT2D eigenvalue weighted by molar-refractivity contribution is 5.82. The predicted molar refractivity (Wildman–Crippen MR) is 176 cm³/mol. The first-order chi connectivity index (χ1) is 22.2. The third kappa shape index (κ3) is 8.98. The highest BCUT2D eigenvalue weighted by Crippen LogP contribution is 2.37. The molecular formula is C35H46F2N6O3. The Morgan fingerprint density at radius 2 is 2.02 bits per heavy atom. The Morgan fingerprint density at radius 1 is 1.24 bits per heavy atom. The number of hydrogen-bond donors (Lipinski definition) is 3. The number of halogens is 2. The molecule has 3 aromatic rings. The number of aliphatic hydroxyl groups excluding tert-OH is 1. The van der Waals surface area contributed by atoms with Crippen LogP contribution >= 0.6 is 0 Å². The van der Waals surface area contributed by atoms with Gasteiger partial charge in [-0.3, -0.25) is 4.98 Å². The highest BCUT2D eigenvalue weighted by atomic mass is 19.1. The second kappa shape index (κ2) is 17.0. The van der Waals surface area contributed by atoms with E-state index in [0.29, 0.717) is 23.0 Å². The first kappa shape index (κ1) is 34.7. The standard InChI is InChI=1S/C27H33F2N5O3.C8H13N/c1-5-6-21(17(2)23-13-30-9-10-33(23)4)19-11-24(27-25(36-18(3)28)14-32-34(27)15-19)37-26(16-35)22-8-7-20(29)12-31-22;1-2-9-8-6-4-3-5-7-8/h6-8,11-12,14-15,18,26,30,35H,5,9-10,13,16H2,1-4H3;1,8-9H,3-7H2/b21-6-,23-17-;/t18?,26-;/m1./s1. The molecule has 2 fully saturated rings. The van der Waals surface area contributed by atoms with Crippen molar-refractivity contribution in [2.45, 2.75) is 77.8 Å². The molecule has 46 heavy (non-hydrogen) atoms. The number of nitrogens with one attached hydrogen (secondary N) is 2. The van der Waals surface area contributed by atoms with Gasteiger partial charge in [0, 0.05) is 63.1 Å². The molecule has 0 amide bonds. The summed E-state index contributed by atoms with van der Waals surface area (Å²) in [5.74, 6) is 0.0339. The van der Waals surface area contributed by atoms with E-state index < -0.39 is 24.9 Å². The average Bonchev–Trinajstić information content (AvgIpc) is 3.46. The summed E-state index contributed by atoms with van der Waals surface area (Å²) < 4.78 is 40.4. The maximum Gasteiger partial charge on any atom is 0.236 e. The fourth-order valence-corrected chi connectivity index (χ4v) is 5.83. The van der Waals surface area contributed by atoms with E-state index in [2.05, 4.69) is 58.6 Å². The van der Waals surface area contributed by atoms with Gasteiger partial charge in [-0.15, -0.1) is 0 Å². The third-order valence-electron chi connectivity index (χ3n) is 8.17. The monoisotopic (exact) mass is 636 g/mol. The first-order valence-electron chi connectivity index (χ1n) is 16.0. The van der Waals surface area contributed by atoms with Crippen LogP contribution in [-0.2, 0) is 0 Å². The van der Waals surface area contributed by atoms with Crippen molar-refractivity contribution in [1.29, 1.82) is 0 Å². The van der Waals surface area contributed by atoms with Gasteiger partial charge in [0.25, 0.3) is 0 Å². The number of ether oxygens (including phenoxy) is 2. The van der Waals surface area contributed by atoms with E-state index in [1.807, 2.05) is 12.3 Å². The number of hydrogen-bond acceptors (Lipinski definition) is 8.